The van der Waals surface area contributed by atoms with Gasteiger partial charge in [0, 0.05) is 31.1 Å². The molecule has 2 saturated carbocycles. The minimum Gasteiger partial charge on any atom is -0.292 e. The van der Waals surface area contributed by atoms with Gasteiger partial charge in [-0.2, -0.15) is 10.4 Å². The number of fused-ring (bicyclic) bond motifs is 1. The molecule has 28 heavy (non-hydrogen) atoms. The Balaban J connectivity index is 1.50. The number of aromatic nitrogens is 5. The summed E-state index contributed by atoms with van der Waals surface area (Å²) in [5, 5.41) is 13.7. The van der Waals surface area contributed by atoms with E-state index in [1.54, 1.807) is 18.5 Å². The quantitative estimate of drug-likeness (QED) is 0.586. The normalized spacial score (nSPS) is 18.0. The van der Waals surface area contributed by atoms with Gasteiger partial charge in [0.1, 0.15) is 17.2 Å². The molecule has 0 radical (unpaired) electrons. The fourth-order valence-electron chi connectivity index (χ4n) is 4.02. The molecule has 0 bridgehead atoms. The molecule has 3 aromatic rings. The van der Waals surface area contributed by atoms with Gasteiger partial charge in [0.2, 0.25) is 0 Å². The second-order valence-electron chi connectivity index (χ2n) is 8.02. The molecule has 1 unspecified atom stereocenters. The molecule has 0 aliphatic heterocycles. The number of hydrogen-bond donors (Lipinski definition) is 0. The number of carbonyl (C=O) groups excluding carboxylic acids is 1. The average molecular weight is 374 g/mol. The Hall–Kier alpha value is -3.01. The number of hydrogen-bond acceptors (Lipinski definition) is 5. The lowest BCUT2D eigenvalue weighted by Crippen LogP contribution is -2.17. The van der Waals surface area contributed by atoms with Crippen molar-refractivity contribution in [2.75, 3.05) is 0 Å². The second-order valence-corrected chi connectivity index (χ2v) is 8.02. The Morgan fingerprint density at radius 3 is 2.89 bits per heavy atom. The predicted molar refractivity (Wildman–Crippen MR) is 102 cm³/mol. The zero-order valence-corrected chi connectivity index (χ0v) is 15.7. The van der Waals surface area contributed by atoms with Crippen LogP contribution in [0.2, 0.25) is 0 Å². The summed E-state index contributed by atoms with van der Waals surface area (Å²) in [5.41, 5.74) is 2.03. The maximum atomic E-state index is 12.7. The molecule has 0 N–H and O–H groups in total. The number of carbonyl (C=O) groups is 1. The maximum Gasteiger partial charge on any atom is 0.181 e. The van der Waals surface area contributed by atoms with Crippen molar-refractivity contribution in [2.24, 2.45) is 11.8 Å². The van der Waals surface area contributed by atoms with Gasteiger partial charge in [-0.1, -0.05) is 19.3 Å². The Kier molecular flexibility index (Phi) is 4.19. The molecule has 3 aromatic heterocycles. The van der Waals surface area contributed by atoms with E-state index in [-0.39, 0.29) is 11.8 Å². The van der Waals surface area contributed by atoms with Gasteiger partial charge in [-0.15, -0.1) is 0 Å². The fraction of sp³-hybridized carbons (Fsp3) is 0.476. The topological polar surface area (TPSA) is 88.9 Å². The highest BCUT2D eigenvalue weighted by molar-refractivity contribution is 5.95. The van der Waals surface area contributed by atoms with Crippen LogP contribution in [0, 0.1) is 23.2 Å². The minimum absolute atomic E-state index is 0.0872. The highest BCUT2D eigenvalue weighted by Gasteiger charge is 2.33. The van der Waals surface area contributed by atoms with Crippen LogP contribution in [0.3, 0.4) is 0 Å². The third-order valence-corrected chi connectivity index (χ3v) is 6.04. The smallest absolute Gasteiger partial charge is 0.181 e. The molecule has 2 aliphatic carbocycles. The number of imidazole rings is 1. The van der Waals surface area contributed by atoms with Crippen molar-refractivity contribution in [3.63, 3.8) is 0 Å². The van der Waals surface area contributed by atoms with E-state index in [2.05, 4.69) is 21.1 Å². The molecular weight excluding hydrogens is 352 g/mol. The zero-order chi connectivity index (χ0) is 19.1. The molecule has 3 heterocycles. The zero-order valence-electron chi connectivity index (χ0n) is 15.7. The molecular formula is C21H22N6O. The summed E-state index contributed by atoms with van der Waals surface area (Å²) < 4.78 is 3.78. The lowest BCUT2D eigenvalue weighted by Gasteiger charge is -2.24. The van der Waals surface area contributed by atoms with Gasteiger partial charge in [-0.3, -0.25) is 13.9 Å². The van der Waals surface area contributed by atoms with Crippen LogP contribution in [-0.4, -0.2) is 29.9 Å². The van der Waals surface area contributed by atoms with E-state index < -0.39 is 0 Å². The van der Waals surface area contributed by atoms with Crippen molar-refractivity contribution in [2.45, 2.75) is 51.0 Å². The summed E-state index contributed by atoms with van der Waals surface area (Å²) in [6.45, 7) is 0. The molecule has 1 atom stereocenters. The van der Waals surface area contributed by atoms with Crippen molar-refractivity contribution < 1.29 is 4.79 Å². The van der Waals surface area contributed by atoms with Gasteiger partial charge in [-0.25, -0.2) is 9.97 Å². The minimum atomic E-state index is 0.0872. The molecule has 2 aliphatic rings. The van der Waals surface area contributed by atoms with E-state index in [0.717, 1.165) is 31.2 Å². The number of ketones is 1. The summed E-state index contributed by atoms with van der Waals surface area (Å²) >= 11 is 0. The highest BCUT2D eigenvalue weighted by Crippen LogP contribution is 2.41. The van der Waals surface area contributed by atoms with E-state index >= 15 is 0 Å². The molecule has 5 rings (SSSR count). The summed E-state index contributed by atoms with van der Waals surface area (Å²) in [5.74, 6) is 1.79. The lowest BCUT2D eigenvalue weighted by molar-refractivity contribution is 0.0931. The fourth-order valence-corrected chi connectivity index (χ4v) is 4.02. The van der Waals surface area contributed by atoms with Crippen LogP contribution in [0.1, 0.15) is 61.5 Å². The molecule has 7 nitrogen and oxygen atoms in total. The number of Topliss-reactive ketones (excluding diaryl/α,β-unsaturated/α-hetero) is 1. The van der Waals surface area contributed by atoms with Crippen LogP contribution in [0.5, 0.6) is 0 Å². The molecule has 142 valence electrons. The molecule has 2 fully saturated rings. The second kappa shape index (κ2) is 6.86. The van der Waals surface area contributed by atoms with Gasteiger partial charge in [0.05, 0.1) is 30.3 Å². The summed E-state index contributed by atoms with van der Waals surface area (Å²) in [6, 6.07) is 4.17. The van der Waals surface area contributed by atoms with Crippen molar-refractivity contribution in [1.82, 2.24) is 24.1 Å². The SMILES string of the molecule is N#CCC(C1CC1)n1cc(-c2nc(C(=O)CC3CCC3)cc3nccn23)cn1. The van der Waals surface area contributed by atoms with E-state index in [1.165, 1.54) is 6.42 Å². The molecule has 0 aromatic carbocycles. The van der Waals surface area contributed by atoms with Gasteiger partial charge in [-0.05, 0) is 24.7 Å². The van der Waals surface area contributed by atoms with Crippen LogP contribution >= 0.6 is 0 Å². The van der Waals surface area contributed by atoms with Gasteiger partial charge in [0.25, 0.3) is 0 Å². The van der Waals surface area contributed by atoms with Crippen LogP contribution in [0.25, 0.3) is 17.0 Å². The van der Waals surface area contributed by atoms with E-state index in [0.29, 0.717) is 41.8 Å². The van der Waals surface area contributed by atoms with Crippen LogP contribution in [0.15, 0.2) is 30.9 Å². The Bertz CT molecular complexity index is 1070. The largest absolute Gasteiger partial charge is 0.292 e. The average Bonchev–Trinajstić information content (AvgIpc) is 3.19. The first-order valence-corrected chi connectivity index (χ1v) is 10.0. The predicted octanol–water partition coefficient (Wildman–Crippen LogP) is 3.83. The van der Waals surface area contributed by atoms with E-state index in [1.807, 2.05) is 21.5 Å². The van der Waals surface area contributed by atoms with E-state index in [9.17, 15) is 4.79 Å². The van der Waals surface area contributed by atoms with Crippen LogP contribution in [-0.2, 0) is 0 Å². The Labute approximate surface area is 163 Å². The van der Waals surface area contributed by atoms with Crippen LogP contribution < -0.4 is 0 Å². The number of rotatable bonds is 7. The lowest BCUT2D eigenvalue weighted by atomic mass is 9.81. The molecule has 7 heteroatoms. The molecule has 0 saturated heterocycles. The van der Waals surface area contributed by atoms with Crippen molar-refractivity contribution in [1.29, 1.82) is 5.26 Å². The number of nitriles is 1. The van der Waals surface area contributed by atoms with Crippen molar-refractivity contribution in [3.05, 3.63) is 36.5 Å². The van der Waals surface area contributed by atoms with Crippen molar-refractivity contribution in [3.8, 4) is 17.5 Å². The van der Waals surface area contributed by atoms with E-state index in [4.69, 9.17) is 5.26 Å². The van der Waals surface area contributed by atoms with Gasteiger partial charge >= 0.3 is 0 Å². The first kappa shape index (κ1) is 17.1. The number of nitrogens with zero attached hydrogens (tertiary/aromatic N) is 6. The monoisotopic (exact) mass is 374 g/mol. The summed E-state index contributed by atoms with van der Waals surface area (Å²) in [6.07, 6.45) is 14.1. The van der Waals surface area contributed by atoms with Crippen LogP contribution in [0.4, 0.5) is 0 Å². The maximum absolute atomic E-state index is 12.7. The molecule has 0 amide bonds. The Morgan fingerprint density at radius 2 is 2.18 bits per heavy atom. The third-order valence-electron chi connectivity index (χ3n) is 6.04. The third kappa shape index (κ3) is 3.09. The highest BCUT2D eigenvalue weighted by atomic mass is 16.1. The molecule has 0 spiro atoms. The first-order valence-electron chi connectivity index (χ1n) is 10.0. The Morgan fingerprint density at radius 1 is 1.32 bits per heavy atom. The van der Waals surface area contributed by atoms with Gasteiger partial charge < -0.3 is 0 Å². The standard InChI is InChI=1S/C21H22N6O/c22-7-6-18(15-4-5-15)27-13-16(12-24-27)21-25-17(11-20-23-8-9-26(20)21)19(28)10-14-2-1-3-14/h8-9,11-15,18H,1-6,10H2. The van der Waals surface area contributed by atoms with Crippen molar-refractivity contribution >= 4 is 11.4 Å². The summed E-state index contributed by atoms with van der Waals surface area (Å²) in [7, 11) is 0. The summed E-state index contributed by atoms with van der Waals surface area (Å²) in [4.78, 5) is 21.8. The van der Waals surface area contributed by atoms with Gasteiger partial charge in [0.15, 0.2) is 5.78 Å². The first-order chi connectivity index (χ1) is 13.7.